The van der Waals surface area contributed by atoms with Crippen LogP contribution < -0.4 is 0 Å². The first kappa shape index (κ1) is 16.4. The highest BCUT2D eigenvalue weighted by Gasteiger charge is 1.87. The Balaban J connectivity index is -0.000000245. The van der Waals surface area contributed by atoms with Gasteiger partial charge in [0.05, 0.1) is 0 Å². The van der Waals surface area contributed by atoms with Crippen molar-refractivity contribution in [2.75, 3.05) is 0 Å². The van der Waals surface area contributed by atoms with E-state index in [0.717, 1.165) is 5.92 Å². The fraction of sp³-hybridized carbons (Fsp3) is 0.800. The van der Waals surface area contributed by atoms with Crippen molar-refractivity contribution in [3.8, 4) is 0 Å². The van der Waals surface area contributed by atoms with E-state index in [1.54, 1.807) is 0 Å². The average molecular weight is 144 g/mol. The van der Waals surface area contributed by atoms with Gasteiger partial charge in [-0.2, -0.15) is 0 Å². The summed E-state index contributed by atoms with van der Waals surface area (Å²) in [7, 11) is 0. The predicted octanol–water partition coefficient (Wildman–Crippen LogP) is 4.27. The van der Waals surface area contributed by atoms with Crippen molar-refractivity contribution in [3.63, 3.8) is 0 Å². The van der Waals surface area contributed by atoms with Crippen LogP contribution in [0.3, 0.4) is 0 Å². The summed E-state index contributed by atoms with van der Waals surface area (Å²) in [6.07, 6.45) is 6.94. The van der Waals surface area contributed by atoms with E-state index in [1.807, 2.05) is 0 Å². The highest BCUT2D eigenvalue weighted by atomic mass is 13.9. The monoisotopic (exact) mass is 144 g/mol. The normalized spacial score (nSPS) is 11.9. The van der Waals surface area contributed by atoms with E-state index in [-0.39, 0.29) is 14.9 Å². The molecule has 0 aromatic rings. The minimum atomic E-state index is 0. The van der Waals surface area contributed by atoms with Gasteiger partial charge in [-0.25, -0.2) is 0 Å². The molecule has 0 spiro atoms. The third kappa shape index (κ3) is 10.7. The molecule has 1 atom stereocenters. The van der Waals surface area contributed by atoms with Gasteiger partial charge < -0.3 is 0 Å². The molecule has 0 aliphatic rings. The Kier molecular flexibility index (Phi) is 18.9. The number of hydrogen-bond donors (Lipinski definition) is 0. The van der Waals surface area contributed by atoms with Crippen molar-refractivity contribution in [1.29, 1.82) is 0 Å². The van der Waals surface area contributed by atoms with Crippen molar-refractivity contribution in [1.82, 2.24) is 0 Å². The number of allylic oxidation sites excluding steroid dienone is 2. The fourth-order valence-electron chi connectivity index (χ4n) is 0.504. The molecule has 0 saturated heterocycles. The molecule has 0 fully saturated rings. The second kappa shape index (κ2) is 11.5. The van der Waals surface area contributed by atoms with Crippen LogP contribution in [-0.4, -0.2) is 0 Å². The minimum absolute atomic E-state index is 0. The van der Waals surface area contributed by atoms with Crippen molar-refractivity contribution >= 4 is 0 Å². The SMILES string of the molecule is C.C.CCC=CC(C)CC. The van der Waals surface area contributed by atoms with Crippen molar-refractivity contribution in [2.45, 2.75) is 48.5 Å². The lowest BCUT2D eigenvalue weighted by Crippen LogP contribution is -1.82. The molecule has 0 N–H and O–H groups in total. The first-order valence-electron chi connectivity index (χ1n) is 3.47. The average Bonchev–Trinajstić information content (AvgIpc) is 1.83. The Morgan fingerprint density at radius 3 is 2.00 bits per heavy atom. The van der Waals surface area contributed by atoms with E-state index in [4.69, 9.17) is 0 Å². The zero-order valence-electron chi connectivity index (χ0n) is 6.15. The summed E-state index contributed by atoms with van der Waals surface area (Å²) >= 11 is 0. The molecule has 0 saturated carbocycles. The number of rotatable bonds is 3. The van der Waals surface area contributed by atoms with Gasteiger partial charge >= 0.3 is 0 Å². The third-order valence-electron chi connectivity index (χ3n) is 1.34. The highest BCUT2D eigenvalue weighted by molar-refractivity contribution is 4.84. The van der Waals surface area contributed by atoms with Gasteiger partial charge in [0.2, 0.25) is 0 Å². The van der Waals surface area contributed by atoms with Gasteiger partial charge in [0.15, 0.2) is 0 Å². The van der Waals surface area contributed by atoms with Crippen LogP contribution in [0.25, 0.3) is 0 Å². The summed E-state index contributed by atoms with van der Waals surface area (Å²) in [4.78, 5) is 0. The molecular formula is C10H24. The molecule has 1 unspecified atom stereocenters. The summed E-state index contributed by atoms with van der Waals surface area (Å²) in [5, 5.41) is 0. The van der Waals surface area contributed by atoms with Crippen molar-refractivity contribution in [2.24, 2.45) is 5.92 Å². The molecule has 0 nitrogen and oxygen atoms in total. The maximum Gasteiger partial charge on any atom is -0.0265 e. The Labute approximate surface area is 67.3 Å². The molecule has 0 heterocycles. The molecule has 0 aromatic carbocycles. The second-order valence-electron chi connectivity index (χ2n) is 2.22. The quantitative estimate of drug-likeness (QED) is 0.519. The molecule has 10 heavy (non-hydrogen) atoms. The minimum Gasteiger partial charge on any atom is -0.0885 e. The van der Waals surface area contributed by atoms with E-state index in [0.29, 0.717) is 0 Å². The van der Waals surface area contributed by atoms with E-state index >= 15 is 0 Å². The van der Waals surface area contributed by atoms with Gasteiger partial charge in [0, 0.05) is 0 Å². The summed E-state index contributed by atoms with van der Waals surface area (Å²) in [6, 6.07) is 0. The molecule has 0 rings (SSSR count). The first-order valence-corrected chi connectivity index (χ1v) is 3.47. The lowest BCUT2D eigenvalue weighted by Gasteiger charge is -1.96. The molecule has 0 amide bonds. The Hall–Kier alpha value is -0.260. The number of hydrogen-bond acceptors (Lipinski definition) is 0. The molecule has 64 valence electrons. The maximum atomic E-state index is 2.28. The first-order chi connectivity index (χ1) is 3.81. The zero-order valence-corrected chi connectivity index (χ0v) is 6.15. The lowest BCUT2D eigenvalue weighted by molar-refractivity contribution is 0.695. The third-order valence-corrected chi connectivity index (χ3v) is 1.34. The second-order valence-corrected chi connectivity index (χ2v) is 2.22. The predicted molar refractivity (Wildman–Crippen MR) is 52.3 cm³/mol. The Bertz CT molecular complexity index is 62.4. The highest BCUT2D eigenvalue weighted by Crippen LogP contribution is 2.01. The summed E-state index contributed by atoms with van der Waals surface area (Å²) in [5.74, 6) is 0.773. The molecular weight excluding hydrogens is 120 g/mol. The smallest absolute Gasteiger partial charge is 0.0265 e. The summed E-state index contributed by atoms with van der Waals surface area (Å²) in [5.41, 5.74) is 0. The molecule has 0 aliphatic carbocycles. The van der Waals surface area contributed by atoms with E-state index in [2.05, 4.69) is 32.9 Å². The molecule has 0 bridgehead atoms. The van der Waals surface area contributed by atoms with Crippen LogP contribution in [0.2, 0.25) is 0 Å². The van der Waals surface area contributed by atoms with Gasteiger partial charge in [0.1, 0.15) is 0 Å². The molecule has 0 heteroatoms. The van der Waals surface area contributed by atoms with Crippen LogP contribution >= 0.6 is 0 Å². The standard InChI is InChI=1S/C8H16.2CH4/c1-4-6-7-8(3)5-2;;/h6-8H,4-5H2,1-3H3;2*1H4. The summed E-state index contributed by atoms with van der Waals surface area (Å²) in [6.45, 7) is 6.62. The topological polar surface area (TPSA) is 0 Å². The molecule has 0 radical (unpaired) electrons. The van der Waals surface area contributed by atoms with Crippen LogP contribution in [0.4, 0.5) is 0 Å². The fourth-order valence-corrected chi connectivity index (χ4v) is 0.504. The lowest BCUT2D eigenvalue weighted by atomic mass is 10.1. The van der Waals surface area contributed by atoms with Crippen LogP contribution in [0.15, 0.2) is 12.2 Å². The van der Waals surface area contributed by atoms with Gasteiger partial charge in [-0.1, -0.05) is 54.2 Å². The van der Waals surface area contributed by atoms with Gasteiger partial charge in [0.25, 0.3) is 0 Å². The van der Waals surface area contributed by atoms with E-state index in [9.17, 15) is 0 Å². The Morgan fingerprint density at radius 1 is 1.20 bits per heavy atom. The molecule has 0 aliphatic heterocycles. The van der Waals surface area contributed by atoms with Crippen LogP contribution in [-0.2, 0) is 0 Å². The zero-order chi connectivity index (χ0) is 6.41. The Morgan fingerprint density at radius 2 is 1.70 bits per heavy atom. The van der Waals surface area contributed by atoms with Gasteiger partial charge in [-0.05, 0) is 12.3 Å². The van der Waals surface area contributed by atoms with Crippen molar-refractivity contribution in [3.05, 3.63) is 12.2 Å². The van der Waals surface area contributed by atoms with Crippen LogP contribution in [0.5, 0.6) is 0 Å². The summed E-state index contributed by atoms with van der Waals surface area (Å²) < 4.78 is 0. The van der Waals surface area contributed by atoms with Gasteiger partial charge in [-0.15, -0.1) is 0 Å². The van der Waals surface area contributed by atoms with Gasteiger partial charge in [-0.3, -0.25) is 0 Å². The van der Waals surface area contributed by atoms with Crippen molar-refractivity contribution < 1.29 is 0 Å². The van der Waals surface area contributed by atoms with E-state index < -0.39 is 0 Å². The van der Waals surface area contributed by atoms with Crippen LogP contribution in [0, 0.1) is 5.92 Å². The van der Waals surface area contributed by atoms with Crippen LogP contribution in [0.1, 0.15) is 48.5 Å². The molecule has 0 aromatic heterocycles. The largest absolute Gasteiger partial charge is 0.0885 e. The maximum absolute atomic E-state index is 2.28. The van der Waals surface area contributed by atoms with E-state index in [1.165, 1.54) is 12.8 Å².